The Morgan fingerprint density at radius 1 is 1.22 bits per heavy atom. The Bertz CT molecular complexity index is 930. The summed E-state index contributed by atoms with van der Waals surface area (Å²) in [6.45, 7) is 2.48. The lowest BCUT2D eigenvalue weighted by atomic mass is 10.0. The first-order valence-electron chi connectivity index (χ1n) is 7.50. The van der Waals surface area contributed by atoms with Crippen molar-refractivity contribution in [3.63, 3.8) is 0 Å². The van der Waals surface area contributed by atoms with E-state index in [4.69, 9.17) is 15.4 Å². The molecule has 1 heterocycles. The van der Waals surface area contributed by atoms with E-state index in [2.05, 4.69) is 0 Å². The molecule has 0 radical (unpaired) electrons. The molecule has 3 aromatic rings. The summed E-state index contributed by atoms with van der Waals surface area (Å²) in [4.78, 5) is 11.8. The van der Waals surface area contributed by atoms with E-state index in [1.54, 1.807) is 4.57 Å². The summed E-state index contributed by atoms with van der Waals surface area (Å²) in [5.74, 6) is -0.333. The van der Waals surface area contributed by atoms with Crippen molar-refractivity contribution < 1.29 is 4.42 Å². The average molecular weight is 307 g/mol. The van der Waals surface area contributed by atoms with Gasteiger partial charge in [-0.1, -0.05) is 30.3 Å². The Labute approximate surface area is 133 Å². The monoisotopic (exact) mass is 307 g/mol. The molecule has 0 spiro atoms. The number of hydrogen-bond acceptors (Lipinski definition) is 4. The molecule has 0 fully saturated rings. The Balaban J connectivity index is 1.97. The van der Waals surface area contributed by atoms with E-state index in [0.29, 0.717) is 18.5 Å². The molecular formula is C18H17N3O2. The number of nitrogens with zero attached hydrogens (tertiary/aromatic N) is 2. The lowest BCUT2D eigenvalue weighted by Gasteiger charge is -2.06. The Hall–Kier alpha value is -2.84. The van der Waals surface area contributed by atoms with Crippen molar-refractivity contribution in [2.24, 2.45) is 5.73 Å². The predicted molar refractivity (Wildman–Crippen MR) is 88.9 cm³/mol. The van der Waals surface area contributed by atoms with Crippen molar-refractivity contribution in [2.75, 3.05) is 0 Å². The van der Waals surface area contributed by atoms with Crippen LogP contribution in [0.25, 0.3) is 22.2 Å². The van der Waals surface area contributed by atoms with Gasteiger partial charge in [0, 0.05) is 13.0 Å². The summed E-state index contributed by atoms with van der Waals surface area (Å²) >= 11 is 0. The summed E-state index contributed by atoms with van der Waals surface area (Å²) in [6.07, 6.45) is 0.535. The largest absolute Gasteiger partial charge is 0.419 e. The van der Waals surface area contributed by atoms with Gasteiger partial charge in [0.1, 0.15) is 0 Å². The SMILES string of the molecule is CCn1c(=O)oc2ccc(-c3ccc(C[C@H](N)C#N)cc3)cc21. The van der Waals surface area contributed by atoms with Gasteiger partial charge in [0.25, 0.3) is 0 Å². The normalized spacial score (nSPS) is 12.2. The van der Waals surface area contributed by atoms with E-state index >= 15 is 0 Å². The number of fused-ring (bicyclic) bond motifs is 1. The highest BCUT2D eigenvalue weighted by Gasteiger charge is 2.09. The molecule has 0 aliphatic rings. The van der Waals surface area contributed by atoms with Gasteiger partial charge in [-0.15, -0.1) is 0 Å². The molecule has 23 heavy (non-hydrogen) atoms. The zero-order valence-electron chi connectivity index (χ0n) is 12.8. The minimum atomic E-state index is -0.484. The predicted octanol–water partition coefficient (Wildman–Crippen LogP) is 2.67. The fraction of sp³-hybridized carbons (Fsp3) is 0.222. The molecule has 0 saturated heterocycles. The van der Waals surface area contributed by atoms with Gasteiger partial charge in [-0.05, 0) is 35.7 Å². The zero-order chi connectivity index (χ0) is 16.4. The fourth-order valence-electron chi connectivity index (χ4n) is 2.67. The number of oxazole rings is 1. The number of aryl methyl sites for hydroxylation is 1. The molecule has 2 aromatic carbocycles. The van der Waals surface area contributed by atoms with Gasteiger partial charge in [-0.2, -0.15) is 5.26 Å². The van der Waals surface area contributed by atoms with Crippen molar-refractivity contribution >= 4 is 11.1 Å². The zero-order valence-corrected chi connectivity index (χ0v) is 12.8. The quantitative estimate of drug-likeness (QED) is 0.803. The van der Waals surface area contributed by atoms with E-state index in [1.807, 2.05) is 55.5 Å². The van der Waals surface area contributed by atoms with Crippen LogP contribution in [0.1, 0.15) is 12.5 Å². The van der Waals surface area contributed by atoms with Crippen LogP contribution < -0.4 is 11.5 Å². The molecular weight excluding hydrogens is 290 g/mol. The molecule has 0 amide bonds. The summed E-state index contributed by atoms with van der Waals surface area (Å²) in [6, 6.07) is 15.2. The second-order valence-electron chi connectivity index (χ2n) is 5.43. The highest BCUT2D eigenvalue weighted by molar-refractivity contribution is 5.80. The second kappa shape index (κ2) is 6.11. The number of hydrogen-bond donors (Lipinski definition) is 1. The Kier molecular flexibility index (Phi) is 4.00. The molecule has 5 nitrogen and oxygen atoms in total. The van der Waals surface area contributed by atoms with Gasteiger partial charge in [-0.25, -0.2) is 4.79 Å². The number of aromatic nitrogens is 1. The van der Waals surface area contributed by atoms with Crippen LogP contribution in [0.5, 0.6) is 0 Å². The van der Waals surface area contributed by atoms with Crippen LogP contribution in [0.15, 0.2) is 51.7 Å². The minimum Gasteiger partial charge on any atom is -0.408 e. The van der Waals surface area contributed by atoms with Gasteiger partial charge in [0.15, 0.2) is 5.58 Å². The third-order valence-corrected chi connectivity index (χ3v) is 3.89. The smallest absolute Gasteiger partial charge is 0.408 e. The standard InChI is InChI=1S/C18H17N3O2/c1-2-21-16-10-14(7-8-17(16)23-18(21)22)13-5-3-12(4-6-13)9-15(20)11-19/h3-8,10,15H,2,9,20H2,1H3/t15-/m0/s1. The Morgan fingerprint density at radius 3 is 2.57 bits per heavy atom. The molecule has 5 heteroatoms. The second-order valence-corrected chi connectivity index (χ2v) is 5.43. The van der Waals surface area contributed by atoms with Crippen molar-refractivity contribution in [3.8, 4) is 17.2 Å². The van der Waals surface area contributed by atoms with Crippen molar-refractivity contribution in [1.82, 2.24) is 4.57 Å². The topological polar surface area (TPSA) is 84.9 Å². The maximum Gasteiger partial charge on any atom is 0.419 e. The van der Waals surface area contributed by atoms with Gasteiger partial charge in [0.2, 0.25) is 0 Å². The lowest BCUT2D eigenvalue weighted by Crippen LogP contribution is -2.19. The molecule has 2 N–H and O–H groups in total. The molecule has 1 aromatic heterocycles. The molecule has 116 valence electrons. The average Bonchev–Trinajstić information content (AvgIpc) is 2.89. The molecule has 1 atom stereocenters. The van der Waals surface area contributed by atoms with E-state index in [-0.39, 0.29) is 5.76 Å². The number of rotatable bonds is 4. The van der Waals surface area contributed by atoms with E-state index in [0.717, 1.165) is 22.2 Å². The first-order valence-corrected chi connectivity index (χ1v) is 7.50. The van der Waals surface area contributed by atoms with Gasteiger partial charge in [0.05, 0.1) is 17.6 Å². The lowest BCUT2D eigenvalue weighted by molar-refractivity contribution is 0.513. The van der Waals surface area contributed by atoms with Crippen LogP contribution in [0, 0.1) is 11.3 Å². The first-order chi connectivity index (χ1) is 11.1. The van der Waals surface area contributed by atoms with Crippen LogP contribution in [0.2, 0.25) is 0 Å². The van der Waals surface area contributed by atoms with Crippen molar-refractivity contribution in [1.29, 1.82) is 5.26 Å². The third-order valence-electron chi connectivity index (χ3n) is 3.89. The van der Waals surface area contributed by atoms with E-state index in [9.17, 15) is 4.79 Å². The summed E-state index contributed by atoms with van der Waals surface area (Å²) in [5, 5.41) is 8.77. The summed E-state index contributed by atoms with van der Waals surface area (Å²) < 4.78 is 6.83. The summed E-state index contributed by atoms with van der Waals surface area (Å²) in [7, 11) is 0. The van der Waals surface area contributed by atoms with Crippen molar-refractivity contribution in [2.45, 2.75) is 25.9 Å². The molecule has 0 saturated carbocycles. The molecule has 3 rings (SSSR count). The maximum atomic E-state index is 11.8. The molecule has 0 bridgehead atoms. The van der Waals surface area contributed by atoms with Crippen LogP contribution in [-0.2, 0) is 13.0 Å². The van der Waals surface area contributed by atoms with Gasteiger partial charge >= 0.3 is 5.76 Å². The highest BCUT2D eigenvalue weighted by Crippen LogP contribution is 2.24. The van der Waals surface area contributed by atoms with Crippen LogP contribution in [0.3, 0.4) is 0 Å². The van der Waals surface area contributed by atoms with Gasteiger partial charge in [-0.3, -0.25) is 4.57 Å². The van der Waals surface area contributed by atoms with Crippen molar-refractivity contribution in [3.05, 3.63) is 58.6 Å². The van der Waals surface area contributed by atoms with E-state index < -0.39 is 6.04 Å². The van der Waals surface area contributed by atoms with Gasteiger partial charge < -0.3 is 10.2 Å². The number of nitrogens with two attached hydrogens (primary N) is 1. The van der Waals surface area contributed by atoms with Crippen LogP contribution in [-0.4, -0.2) is 10.6 Å². The molecule has 0 unspecified atom stereocenters. The fourth-order valence-corrected chi connectivity index (χ4v) is 2.67. The molecule has 0 aliphatic heterocycles. The molecule has 0 aliphatic carbocycles. The minimum absolute atomic E-state index is 0.333. The summed E-state index contributed by atoms with van der Waals surface area (Å²) in [5.41, 5.74) is 10.1. The number of nitriles is 1. The third kappa shape index (κ3) is 2.89. The first kappa shape index (κ1) is 15.1. The van der Waals surface area contributed by atoms with E-state index in [1.165, 1.54) is 0 Å². The maximum absolute atomic E-state index is 11.8. The highest BCUT2D eigenvalue weighted by atomic mass is 16.4. The Morgan fingerprint density at radius 2 is 1.91 bits per heavy atom. The van der Waals surface area contributed by atoms with Crippen LogP contribution in [0.4, 0.5) is 0 Å². The van der Waals surface area contributed by atoms with Crippen LogP contribution >= 0.6 is 0 Å². The number of benzene rings is 2.